The summed E-state index contributed by atoms with van der Waals surface area (Å²) in [4.78, 5) is 35.3. The predicted octanol–water partition coefficient (Wildman–Crippen LogP) is 2.87. The van der Waals surface area contributed by atoms with Crippen LogP contribution in [0.2, 0.25) is 0 Å². The van der Waals surface area contributed by atoms with E-state index in [-0.39, 0.29) is 24.2 Å². The Kier molecular flexibility index (Phi) is 5.43. The van der Waals surface area contributed by atoms with Gasteiger partial charge in [-0.2, -0.15) is 0 Å². The van der Waals surface area contributed by atoms with Gasteiger partial charge >= 0.3 is 0 Å². The number of hydrogen-bond donors (Lipinski definition) is 1. The number of amides is 2. The summed E-state index contributed by atoms with van der Waals surface area (Å²) in [5.74, 6) is -0.440. The zero-order chi connectivity index (χ0) is 19.3. The van der Waals surface area contributed by atoms with Crippen LogP contribution in [0.5, 0.6) is 0 Å². The molecule has 1 atom stereocenters. The smallest absolute Gasteiger partial charge is 0.225 e. The fourth-order valence-corrected chi connectivity index (χ4v) is 3.97. The van der Waals surface area contributed by atoms with Gasteiger partial charge in [-0.25, -0.2) is 4.98 Å². The van der Waals surface area contributed by atoms with E-state index in [1.807, 2.05) is 53.9 Å². The van der Waals surface area contributed by atoms with Crippen LogP contribution in [-0.4, -0.2) is 33.2 Å². The van der Waals surface area contributed by atoms with Crippen LogP contribution in [0.3, 0.4) is 0 Å². The second kappa shape index (κ2) is 8.31. The second-order valence-corrected chi connectivity index (χ2v) is 7.65. The molecule has 0 spiro atoms. The molecule has 1 N–H and O–H groups in total. The van der Waals surface area contributed by atoms with E-state index in [0.29, 0.717) is 19.6 Å². The lowest BCUT2D eigenvalue weighted by Crippen LogP contribution is -2.32. The zero-order valence-corrected chi connectivity index (χ0v) is 16.1. The summed E-state index contributed by atoms with van der Waals surface area (Å²) in [7, 11) is 0. The summed E-state index contributed by atoms with van der Waals surface area (Å²) in [6.07, 6.45) is 1.95. The molecule has 1 aliphatic heterocycles. The molecule has 0 radical (unpaired) electrons. The topological polar surface area (TPSA) is 75.2 Å². The number of carbonyl (C=O) groups excluding carboxylic acids is 2. The number of thiazole rings is 1. The van der Waals surface area contributed by atoms with Gasteiger partial charge in [0, 0.05) is 30.1 Å². The first-order valence-electron chi connectivity index (χ1n) is 9.14. The average molecular weight is 392 g/mol. The number of rotatable bonds is 6. The largest absolute Gasteiger partial charge is 0.349 e. The first-order chi connectivity index (χ1) is 13.7. The molecule has 2 amide bonds. The summed E-state index contributed by atoms with van der Waals surface area (Å²) in [6, 6.07) is 15.6. The lowest BCUT2D eigenvalue weighted by molar-refractivity contribution is -0.129. The molecule has 2 aromatic heterocycles. The molecule has 1 aromatic carbocycles. The van der Waals surface area contributed by atoms with E-state index in [2.05, 4.69) is 15.3 Å². The molecular weight excluding hydrogens is 372 g/mol. The maximum atomic E-state index is 12.5. The highest BCUT2D eigenvalue weighted by atomic mass is 32.1. The molecule has 3 heterocycles. The summed E-state index contributed by atoms with van der Waals surface area (Å²) >= 11 is 1.52. The van der Waals surface area contributed by atoms with Gasteiger partial charge in [0.15, 0.2) is 0 Å². The van der Waals surface area contributed by atoms with Crippen molar-refractivity contribution in [2.75, 3.05) is 6.54 Å². The predicted molar refractivity (Wildman–Crippen MR) is 107 cm³/mol. The molecule has 4 rings (SSSR count). The Bertz CT molecular complexity index is 959. The van der Waals surface area contributed by atoms with Crippen molar-refractivity contribution < 1.29 is 9.59 Å². The lowest BCUT2D eigenvalue weighted by atomic mass is 10.1. The Morgan fingerprint density at radius 1 is 1.18 bits per heavy atom. The molecule has 1 fully saturated rings. The molecule has 0 aliphatic carbocycles. The minimum atomic E-state index is -0.329. The van der Waals surface area contributed by atoms with Gasteiger partial charge in [-0.05, 0) is 12.1 Å². The third kappa shape index (κ3) is 4.26. The first kappa shape index (κ1) is 18.3. The van der Waals surface area contributed by atoms with Crippen LogP contribution in [0.25, 0.3) is 11.3 Å². The van der Waals surface area contributed by atoms with E-state index >= 15 is 0 Å². The number of likely N-dealkylation sites (tertiary alicyclic amines) is 1. The van der Waals surface area contributed by atoms with E-state index in [1.54, 1.807) is 11.1 Å². The third-order valence-electron chi connectivity index (χ3n) is 4.70. The van der Waals surface area contributed by atoms with Crippen molar-refractivity contribution in [1.82, 2.24) is 20.2 Å². The molecule has 0 bridgehead atoms. The van der Waals surface area contributed by atoms with Gasteiger partial charge in [0.25, 0.3) is 0 Å². The maximum Gasteiger partial charge on any atom is 0.225 e. The Balaban J connectivity index is 1.31. The third-order valence-corrected chi connectivity index (χ3v) is 5.55. The highest BCUT2D eigenvalue weighted by Gasteiger charge is 2.34. The molecule has 3 aromatic rings. The van der Waals surface area contributed by atoms with Crippen molar-refractivity contribution in [2.24, 2.45) is 5.92 Å². The maximum absolute atomic E-state index is 12.5. The molecule has 0 saturated carbocycles. The van der Waals surface area contributed by atoms with Crippen LogP contribution in [0.15, 0.2) is 60.1 Å². The number of nitrogens with zero attached hydrogens (tertiary/aromatic N) is 3. The van der Waals surface area contributed by atoms with Gasteiger partial charge in [-0.3, -0.25) is 14.6 Å². The Morgan fingerprint density at radius 3 is 2.79 bits per heavy atom. The molecule has 7 heteroatoms. The van der Waals surface area contributed by atoms with Crippen LogP contribution in [0.1, 0.15) is 17.1 Å². The van der Waals surface area contributed by atoms with Crippen LogP contribution in [0, 0.1) is 5.92 Å². The van der Waals surface area contributed by atoms with Crippen LogP contribution >= 0.6 is 11.3 Å². The normalized spacial score (nSPS) is 16.4. The molecule has 1 aliphatic rings. The average Bonchev–Trinajstić information content (AvgIpc) is 3.35. The minimum absolute atomic E-state index is 0.00795. The van der Waals surface area contributed by atoms with E-state index < -0.39 is 0 Å². The monoisotopic (exact) mass is 392 g/mol. The standard InChI is InChI=1S/C21H20N4O2S/c26-20-10-16(12-25(20)13-17-8-4-5-9-22-17)21(27)23-11-19-24-18(14-28-19)15-6-2-1-3-7-15/h1-9,14,16H,10-13H2,(H,23,27)/t16-/m0/s1. The van der Waals surface area contributed by atoms with Gasteiger partial charge < -0.3 is 10.2 Å². The van der Waals surface area contributed by atoms with Crippen molar-refractivity contribution in [3.05, 3.63) is 70.8 Å². The second-order valence-electron chi connectivity index (χ2n) is 6.71. The minimum Gasteiger partial charge on any atom is -0.349 e. The highest BCUT2D eigenvalue weighted by molar-refractivity contribution is 7.09. The van der Waals surface area contributed by atoms with E-state index in [4.69, 9.17) is 0 Å². The van der Waals surface area contributed by atoms with Crippen molar-refractivity contribution in [1.29, 1.82) is 0 Å². The van der Waals surface area contributed by atoms with E-state index in [1.165, 1.54) is 11.3 Å². The highest BCUT2D eigenvalue weighted by Crippen LogP contribution is 2.22. The summed E-state index contributed by atoms with van der Waals surface area (Å²) < 4.78 is 0. The van der Waals surface area contributed by atoms with Crippen molar-refractivity contribution >= 4 is 23.2 Å². The summed E-state index contributed by atoms with van der Waals surface area (Å²) in [5.41, 5.74) is 2.79. The van der Waals surface area contributed by atoms with Gasteiger partial charge in [0.2, 0.25) is 11.8 Å². The number of pyridine rings is 1. The SMILES string of the molecule is O=C(NCc1nc(-c2ccccc2)cs1)[C@H]1CC(=O)N(Cc2ccccn2)C1. The van der Waals surface area contributed by atoms with Crippen LogP contribution in [-0.2, 0) is 22.7 Å². The number of hydrogen-bond acceptors (Lipinski definition) is 5. The van der Waals surface area contributed by atoms with Gasteiger partial charge in [0.05, 0.1) is 30.4 Å². The summed E-state index contributed by atoms with van der Waals surface area (Å²) in [6.45, 7) is 1.24. The van der Waals surface area contributed by atoms with Crippen LogP contribution in [0.4, 0.5) is 0 Å². The lowest BCUT2D eigenvalue weighted by Gasteiger charge is -2.15. The Labute approximate surface area is 167 Å². The summed E-state index contributed by atoms with van der Waals surface area (Å²) in [5, 5.41) is 5.76. The molecule has 1 saturated heterocycles. The van der Waals surface area contributed by atoms with E-state index in [0.717, 1.165) is 22.0 Å². The molecule has 0 unspecified atom stereocenters. The van der Waals surface area contributed by atoms with Gasteiger partial charge in [-0.1, -0.05) is 36.4 Å². The zero-order valence-electron chi connectivity index (χ0n) is 15.2. The van der Waals surface area contributed by atoms with Gasteiger partial charge in [0.1, 0.15) is 5.01 Å². The Morgan fingerprint density at radius 2 is 2.00 bits per heavy atom. The fourth-order valence-electron chi connectivity index (χ4n) is 3.23. The number of nitrogens with one attached hydrogen (secondary N) is 1. The molecule has 28 heavy (non-hydrogen) atoms. The number of carbonyl (C=O) groups is 2. The fraction of sp³-hybridized carbons (Fsp3) is 0.238. The number of aromatic nitrogens is 2. The van der Waals surface area contributed by atoms with Crippen LogP contribution < -0.4 is 5.32 Å². The van der Waals surface area contributed by atoms with Crippen molar-refractivity contribution in [2.45, 2.75) is 19.5 Å². The van der Waals surface area contributed by atoms with Gasteiger partial charge in [-0.15, -0.1) is 11.3 Å². The van der Waals surface area contributed by atoms with Crippen molar-refractivity contribution in [3.63, 3.8) is 0 Å². The van der Waals surface area contributed by atoms with E-state index in [9.17, 15) is 9.59 Å². The first-order valence-corrected chi connectivity index (χ1v) is 10.0. The molecular formula is C21H20N4O2S. The molecule has 6 nitrogen and oxygen atoms in total. The quantitative estimate of drug-likeness (QED) is 0.700. The molecule has 142 valence electrons. The number of benzene rings is 1. The van der Waals surface area contributed by atoms with Crippen molar-refractivity contribution in [3.8, 4) is 11.3 Å². The Hall–Kier alpha value is -3.06.